The minimum Gasteiger partial charge on any atom is -0.507 e. The average Bonchev–Trinajstić information content (AvgIpc) is 2.95. The first-order chi connectivity index (χ1) is 21.6. The van der Waals surface area contributed by atoms with Gasteiger partial charge in [0.25, 0.3) is 0 Å². The minimum absolute atomic E-state index is 0.149. The molecule has 6 nitrogen and oxygen atoms in total. The Labute approximate surface area is 274 Å². The highest BCUT2D eigenvalue weighted by Gasteiger charge is 2.26. The van der Waals surface area contributed by atoms with Crippen LogP contribution in [-0.4, -0.2) is 23.4 Å². The van der Waals surface area contributed by atoms with E-state index in [2.05, 4.69) is 65.8 Å². The van der Waals surface area contributed by atoms with Crippen molar-refractivity contribution in [1.82, 2.24) is 0 Å². The van der Waals surface area contributed by atoms with E-state index in [1.807, 2.05) is 38.1 Å². The Morgan fingerprint density at radius 2 is 0.761 bits per heavy atom. The maximum Gasteiger partial charge on any atom is 0.126 e. The minimum atomic E-state index is -0.149. The predicted molar refractivity (Wildman–Crippen MR) is 189 cm³/mol. The van der Waals surface area contributed by atoms with E-state index in [4.69, 9.17) is 20.9 Å². The smallest absolute Gasteiger partial charge is 0.126 e. The van der Waals surface area contributed by atoms with E-state index in [1.165, 1.54) is 0 Å². The SMILES string of the molecule is CCOc1c2cc(C(C)(C)C)cc1Cc1cc(N)cc(c1O)Cc1cc(C(C)(C)C)cc(c1OCC)Cc1cc(N)cc(c1O)C2. The molecule has 0 atom stereocenters. The van der Waals surface area contributed by atoms with Crippen LogP contribution in [0.4, 0.5) is 11.4 Å². The largest absolute Gasteiger partial charge is 0.507 e. The summed E-state index contributed by atoms with van der Waals surface area (Å²) in [6, 6.07) is 16.1. The van der Waals surface area contributed by atoms with Gasteiger partial charge in [0.1, 0.15) is 23.0 Å². The number of phenolic OH excluding ortho intramolecular Hbond substituents is 2. The highest BCUT2D eigenvalue weighted by molar-refractivity contribution is 5.62. The topological polar surface area (TPSA) is 111 Å². The van der Waals surface area contributed by atoms with Crippen molar-refractivity contribution in [2.75, 3.05) is 24.7 Å². The number of nitrogen functional groups attached to an aromatic ring is 2. The van der Waals surface area contributed by atoms with Gasteiger partial charge < -0.3 is 31.2 Å². The molecule has 1 aliphatic carbocycles. The van der Waals surface area contributed by atoms with Crippen molar-refractivity contribution in [2.45, 2.75) is 91.9 Å². The van der Waals surface area contributed by atoms with E-state index in [0.29, 0.717) is 50.3 Å². The Morgan fingerprint density at radius 3 is 0.978 bits per heavy atom. The second-order valence-corrected chi connectivity index (χ2v) is 14.7. The summed E-state index contributed by atoms with van der Waals surface area (Å²) in [4.78, 5) is 0. The first-order valence-electron chi connectivity index (χ1n) is 16.4. The summed E-state index contributed by atoms with van der Waals surface area (Å²) in [5, 5.41) is 23.7. The van der Waals surface area contributed by atoms with Gasteiger partial charge in [-0.15, -0.1) is 0 Å². The summed E-state index contributed by atoms with van der Waals surface area (Å²) in [5.74, 6) is 1.97. The molecule has 0 saturated heterocycles. The fourth-order valence-electron chi connectivity index (χ4n) is 6.49. The van der Waals surface area contributed by atoms with Crippen molar-refractivity contribution in [3.63, 3.8) is 0 Å². The zero-order chi connectivity index (χ0) is 33.6. The van der Waals surface area contributed by atoms with Crippen molar-refractivity contribution in [1.29, 1.82) is 0 Å². The Balaban J connectivity index is 1.87. The summed E-state index contributed by atoms with van der Waals surface area (Å²) in [6.07, 6.45) is 1.71. The first kappa shape index (κ1) is 33.1. The molecular weight excluding hydrogens is 572 g/mol. The van der Waals surface area contributed by atoms with Gasteiger partial charge in [0.05, 0.1) is 13.2 Å². The predicted octanol–water partition coefficient (Wildman–Crippen LogP) is 8.33. The molecule has 6 heteroatoms. The van der Waals surface area contributed by atoms with Crippen molar-refractivity contribution >= 4 is 11.4 Å². The van der Waals surface area contributed by atoms with E-state index in [9.17, 15) is 10.2 Å². The molecule has 5 rings (SSSR count). The molecular formula is C40H50N2O4. The number of rotatable bonds is 4. The fourth-order valence-corrected chi connectivity index (χ4v) is 6.49. The standard InChI is InChI=1S/C40H50N2O4/c1-9-45-37-27-11-23-19-33(41)21-25(35(23)43)13-29-17-32(40(6,7)8)18-30(38(29)46-10-2)14-26-22-34(42)20-24(36(26)44)12-28(37)16-31(15-27)39(3,4)5/h15-22,43-44H,9-14,41-42H2,1-8H3. The number of benzene rings is 4. The summed E-state index contributed by atoms with van der Waals surface area (Å²) < 4.78 is 12.7. The summed E-state index contributed by atoms with van der Waals surface area (Å²) in [7, 11) is 0. The molecule has 0 radical (unpaired) electrons. The number of hydrogen-bond donors (Lipinski definition) is 4. The highest BCUT2D eigenvalue weighted by atomic mass is 16.5. The van der Waals surface area contributed by atoms with Gasteiger partial charge in [-0.25, -0.2) is 0 Å². The van der Waals surface area contributed by atoms with E-state index < -0.39 is 0 Å². The maximum atomic E-state index is 11.8. The molecule has 0 saturated carbocycles. The van der Waals surface area contributed by atoms with E-state index >= 15 is 0 Å². The van der Waals surface area contributed by atoms with E-state index in [-0.39, 0.29) is 22.3 Å². The van der Waals surface area contributed by atoms with Gasteiger partial charge in [-0.3, -0.25) is 0 Å². The molecule has 244 valence electrons. The van der Waals surface area contributed by atoms with Crippen LogP contribution in [0.2, 0.25) is 0 Å². The third-order valence-electron chi connectivity index (χ3n) is 8.90. The molecule has 8 bridgehead atoms. The van der Waals surface area contributed by atoms with Crippen LogP contribution in [0.15, 0.2) is 48.5 Å². The van der Waals surface area contributed by atoms with Crippen molar-refractivity contribution in [2.24, 2.45) is 0 Å². The van der Waals surface area contributed by atoms with Crippen molar-refractivity contribution in [3.05, 3.63) is 104 Å². The zero-order valence-electron chi connectivity index (χ0n) is 28.7. The molecule has 0 unspecified atom stereocenters. The Bertz CT molecular complexity index is 1550. The van der Waals surface area contributed by atoms with E-state index in [0.717, 1.165) is 67.1 Å². The number of aromatic hydroxyl groups is 2. The van der Waals surface area contributed by atoms with Crippen LogP contribution in [0, 0.1) is 0 Å². The summed E-state index contributed by atoms with van der Waals surface area (Å²) in [6.45, 7) is 18.0. The third-order valence-corrected chi connectivity index (χ3v) is 8.90. The number of hydrogen-bond acceptors (Lipinski definition) is 6. The van der Waals surface area contributed by atoms with Crippen LogP contribution in [-0.2, 0) is 36.5 Å². The van der Waals surface area contributed by atoms with Gasteiger partial charge in [0.15, 0.2) is 0 Å². The number of anilines is 2. The second kappa shape index (κ2) is 12.5. The second-order valence-electron chi connectivity index (χ2n) is 14.7. The monoisotopic (exact) mass is 622 g/mol. The van der Waals surface area contributed by atoms with Crippen LogP contribution in [0.1, 0.15) is 111 Å². The summed E-state index contributed by atoms with van der Waals surface area (Å²) in [5.41, 5.74) is 23.0. The Hall–Kier alpha value is -4.32. The number of fused-ring (bicyclic) bond motifs is 8. The molecule has 0 spiro atoms. The molecule has 0 heterocycles. The van der Waals surface area contributed by atoms with Crippen LogP contribution >= 0.6 is 0 Å². The fraction of sp³-hybridized carbons (Fsp3) is 0.400. The van der Waals surface area contributed by atoms with Crippen LogP contribution < -0.4 is 20.9 Å². The molecule has 0 amide bonds. The summed E-state index contributed by atoms with van der Waals surface area (Å²) >= 11 is 0. The normalized spacial score (nSPS) is 13.4. The lowest BCUT2D eigenvalue weighted by atomic mass is 9.81. The van der Waals surface area contributed by atoms with Crippen molar-refractivity contribution in [3.8, 4) is 23.0 Å². The Morgan fingerprint density at radius 1 is 0.500 bits per heavy atom. The molecule has 4 aromatic rings. The highest BCUT2D eigenvalue weighted by Crippen LogP contribution is 2.42. The van der Waals surface area contributed by atoms with Crippen LogP contribution in [0.25, 0.3) is 0 Å². The average molecular weight is 623 g/mol. The molecule has 0 fully saturated rings. The van der Waals surface area contributed by atoms with Gasteiger partial charge in [0, 0.05) is 59.3 Å². The lowest BCUT2D eigenvalue weighted by Gasteiger charge is -2.26. The molecule has 4 aromatic carbocycles. The molecule has 0 aromatic heterocycles. The number of ether oxygens (including phenoxy) is 2. The van der Waals surface area contributed by atoms with Gasteiger partial charge in [-0.1, -0.05) is 65.8 Å². The number of phenols is 2. The van der Waals surface area contributed by atoms with Gasteiger partial charge in [0.2, 0.25) is 0 Å². The molecule has 1 aliphatic rings. The zero-order valence-corrected chi connectivity index (χ0v) is 28.7. The lowest BCUT2D eigenvalue weighted by Crippen LogP contribution is -2.15. The third kappa shape index (κ3) is 6.76. The Kier molecular flexibility index (Phi) is 8.96. The van der Waals surface area contributed by atoms with Crippen molar-refractivity contribution < 1.29 is 19.7 Å². The number of nitrogens with two attached hydrogens (primary N) is 2. The van der Waals surface area contributed by atoms with E-state index in [1.54, 1.807) is 0 Å². The molecule has 0 aliphatic heterocycles. The maximum absolute atomic E-state index is 11.8. The van der Waals surface area contributed by atoms with Gasteiger partial charge in [-0.2, -0.15) is 0 Å². The molecule has 6 N–H and O–H groups in total. The molecule has 46 heavy (non-hydrogen) atoms. The van der Waals surface area contributed by atoms with Crippen LogP contribution in [0.3, 0.4) is 0 Å². The lowest BCUT2D eigenvalue weighted by molar-refractivity contribution is 0.333. The van der Waals surface area contributed by atoms with Crippen LogP contribution in [0.5, 0.6) is 23.0 Å². The quantitative estimate of drug-likeness (QED) is 0.118. The first-order valence-corrected chi connectivity index (χ1v) is 16.4. The van der Waals surface area contributed by atoms with Gasteiger partial charge >= 0.3 is 0 Å². The van der Waals surface area contributed by atoms with Gasteiger partial charge in [-0.05, 0) is 82.3 Å².